The predicted molar refractivity (Wildman–Crippen MR) is 127 cm³/mol. The molecule has 0 amide bonds. The summed E-state index contributed by atoms with van der Waals surface area (Å²) in [5.74, 6) is 0. The van der Waals surface area contributed by atoms with Gasteiger partial charge in [-0.25, -0.2) is 0 Å². The van der Waals surface area contributed by atoms with Crippen LogP contribution in [0.25, 0.3) is 0 Å². The van der Waals surface area contributed by atoms with E-state index in [1.807, 2.05) is 11.3 Å². The first-order chi connectivity index (χ1) is 13.1. The SMILES string of the molecule is CCC[CH2][Sn]([CH2]CCC)([CH2]CCC)[CH](CCCC(O)CCC)c1cccs1. The zero-order chi connectivity index (χ0) is 20.0. The minimum atomic E-state index is -2.28. The molecular formula is C24H46OSSn. The summed E-state index contributed by atoms with van der Waals surface area (Å²) >= 11 is -0.266. The first-order valence-corrected chi connectivity index (χ1v) is 20.4. The standard InChI is InChI=1S/C12H19OS.3C4H9.Sn/c1-2-6-11(13)7-3-4-8-12-9-5-10-14-12;3*1-3-4-2;/h5,8-11,13H,2-4,6-7H2,1H3;3*1,3-4H2,2H3;. The summed E-state index contributed by atoms with van der Waals surface area (Å²) in [7, 11) is 0. The van der Waals surface area contributed by atoms with Crippen molar-refractivity contribution >= 4 is 29.7 Å². The van der Waals surface area contributed by atoms with Crippen LogP contribution in [0.4, 0.5) is 0 Å². The molecule has 2 unspecified atom stereocenters. The first-order valence-electron chi connectivity index (χ1n) is 11.8. The van der Waals surface area contributed by atoms with Gasteiger partial charge >= 0.3 is 179 Å². The predicted octanol–water partition coefficient (Wildman–Crippen LogP) is 8.55. The molecule has 2 atom stereocenters. The van der Waals surface area contributed by atoms with Crippen LogP contribution in [0.2, 0.25) is 13.3 Å². The van der Waals surface area contributed by atoms with Crippen LogP contribution in [0.15, 0.2) is 17.5 Å². The van der Waals surface area contributed by atoms with E-state index >= 15 is 0 Å². The maximum atomic E-state index is 10.2. The van der Waals surface area contributed by atoms with Crippen molar-refractivity contribution in [3.05, 3.63) is 22.4 Å². The van der Waals surface area contributed by atoms with Gasteiger partial charge in [0.15, 0.2) is 0 Å². The second-order valence-corrected chi connectivity index (χ2v) is 23.6. The summed E-state index contributed by atoms with van der Waals surface area (Å²) in [4.78, 5) is 1.69. The van der Waals surface area contributed by atoms with Gasteiger partial charge in [0.05, 0.1) is 0 Å². The Hall–Kier alpha value is 0.459. The Bertz CT molecular complexity index is 423. The molecule has 0 aliphatic rings. The number of rotatable bonds is 17. The van der Waals surface area contributed by atoms with Crippen LogP contribution in [-0.2, 0) is 0 Å². The third kappa shape index (κ3) is 9.21. The maximum absolute atomic E-state index is 10.2. The number of aliphatic hydroxyl groups excluding tert-OH is 1. The molecule has 0 radical (unpaired) electrons. The second kappa shape index (κ2) is 15.3. The van der Waals surface area contributed by atoms with Crippen molar-refractivity contribution < 1.29 is 5.11 Å². The van der Waals surface area contributed by atoms with Crippen LogP contribution in [0.3, 0.4) is 0 Å². The summed E-state index contributed by atoms with van der Waals surface area (Å²) in [5.41, 5.74) is 0. The van der Waals surface area contributed by atoms with Crippen LogP contribution in [-0.4, -0.2) is 29.6 Å². The molecule has 0 bridgehead atoms. The monoisotopic (exact) mass is 502 g/mol. The molecule has 0 aliphatic carbocycles. The molecule has 0 fully saturated rings. The van der Waals surface area contributed by atoms with Gasteiger partial charge in [-0.2, -0.15) is 0 Å². The van der Waals surface area contributed by atoms with E-state index in [-0.39, 0.29) is 6.10 Å². The van der Waals surface area contributed by atoms with E-state index in [0.29, 0.717) is 0 Å². The fraction of sp³-hybridized carbons (Fsp3) is 0.833. The summed E-state index contributed by atoms with van der Waals surface area (Å²) < 4.78 is 5.65. The van der Waals surface area contributed by atoms with Gasteiger partial charge in [-0.15, -0.1) is 0 Å². The summed E-state index contributed by atoms with van der Waals surface area (Å²) in [6.07, 6.45) is 14.0. The molecule has 3 heteroatoms. The van der Waals surface area contributed by atoms with Gasteiger partial charge in [0.2, 0.25) is 0 Å². The quantitative estimate of drug-likeness (QED) is 0.212. The summed E-state index contributed by atoms with van der Waals surface area (Å²) in [5, 5.41) is 12.5. The van der Waals surface area contributed by atoms with Crippen LogP contribution in [0.1, 0.15) is 107 Å². The molecule has 0 spiro atoms. The number of aliphatic hydroxyl groups is 1. The second-order valence-electron chi connectivity index (χ2n) is 8.61. The fourth-order valence-corrected chi connectivity index (χ4v) is 26.3. The van der Waals surface area contributed by atoms with Gasteiger partial charge in [0, 0.05) is 0 Å². The van der Waals surface area contributed by atoms with Crippen molar-refractivity contribution in [2.75, 3.05) is 0 Å². The van der Waals surface area contributed by atoms with E-state index in [1.165, 1.54) is 51.4 Å². The number of thiophene rings is 1. The van der Waals surface area contributed by atoms with E-state index in [4.69, 9.17) is 0 Å². The molecule has 0 aliphatic heterocycles. The molecule has 0 saturated carbocycles. The van der Waals surface area contributed by atoms with Gasteiger partial charge < -0.3 is 0 Å². The minimum absolute atomic E-state index is 0.0782. The average molecular weight is 501 g/mol. The van der Waals surface area contributed by atoms with Gasteiger partial charge in [0.25, 0.3) is 0 Å². The van der Waals surface area contributed by atoms with E-state index < -0.39 is 18.4 Å². The van der Waals surface area contributed by atoms with Gasteiger partial charge in [-0.1, -0.05) is 0 Å². The topological polar surface area (TPSA) is 20.2 Å². The molecule has 1 rings (SSSR count). The normalized spacial score (nSPS) is 14.4. The Morgan fingerprint density at radius 1 is 0.815 bits per heavy atom. The molecule has 27 heavy (non-hydrogen) atoms. The number of unbranched alkanes of at least 4 members (excludes halogenated alkanes) is 3. The molecule has 1 heterocycles. The van der Waals surface area contributed by atoms with Crippen molar-refractivity contribution in [2.45, 2.75) is 122 Å². The van der Waals surface area contributed by atoms with Crippen molar-refractivity contribution in [1.29, 1.82) is 0 Å². The zero-order valence-electron chi connectivity index (χ0n) is 18.6. The Morgan fingerprint density at radius 2 is 1.41 bits per heavy atom. The molecule has 1 aromatic rings. The van der Waals surface area contributed by atoms with Gasteiger partial charge in [-0.05, 0) is 0 Å². The molecule has 0 aromatic carbocycles. The molecular weight excluding hydrogens is 455 g/mol. The summed E-state index contributed by atoms with van der Waals surface area (Å²) in [6, 6.07) is 4.71. The van der Waals surface area contributed by atoms with Gasteiger partial charge in [-0.3, -0.25) is 0 Å². The van der Waals surface area contributed by atoms with Crippen molar-refractivity contribution in [3.63, 3.8) is 0 Å². The molecule has 1 nitrogen and oxygen atoms in total. The third-order valence-electron chi connectivity index (χ3n) is 6.36. The van der Waals surface area contributed by atoms with Crippen molar-refractivity contribution in [3.8, 4) is 0 Å². The average Bonchev–Trinajstić information content (AvgIpc) is 3.20. The first kappa shape index (κ1) is 25.5. The fourth-order valence-electron chi connectivity index (χ4n) is 4.76. The van der Waals surface area contributed by atoms with E-state index in [2.05, 4.69) is 45.2 Å². The van der Waals surface area contributed by atoms with Crippen LogP contribution >= 0.6 is 11.3 Å². The molecule has 1 aromatic heterocycles. The van der Waals surface area contributed by atoms with Crippen molar-refractivity contribution in [1.82, 2.24) is 0 Å². The van der Waals surface area contributed by atoms with Crippen LogP contribution in [0.5, 0.6) is 0 Å². The van der Waals surface area contributed by atoms with Crippen LogP contribution in [0, 0.1) is 0 Å². The van der Waals surface area contributed by atoms with E-state index in [0.717, 1.165) is 23.2 Å². The van der Waals surface area contributed by atoms with Gasteiger partial charge in [0.1, 0.15) is 0 Å². The Morgan fingerprint density at radius 3 is 1.85 bits per heavy atom. The number of hydrogen-bond donors (Lipinski definition) is 1. The number of hydrogen-bond acceptors (Lipinski definition) is 2. The van der Waals surface area contributed by atoms with E-state index in [1.54, 1.807) is 18.2 Å². The molecule has 158 valence electrons. The van der Waals surface area contributed by atoms with E-state index in [9.17, 15) is 5.11 Å². The van der Waals surface area contributed by atoms with Crippen LogP contribution < -0.4 is 0 Å². The van der Waals surface area contributed by atoms with Crippen molar-refractivity contribution in [2.24, 2.45) is 0 Å². The Balaban J connectivity index is 3.02. The third-order valence-corrected chi connectivity index (χ3v) is 25.4. The summed E-state index contributed by atoms with van der Waals surface area (Å²) in [6.45, 7) is 9.30. The molecule has 0 saturated heterocycles. The Labute approximate surface area is 178 Å². The zero-order valence-corrected chi connectivity index (χ0v) is 22.3. The molecule has 1 N–H and O–H groups in total. The Kier molecular flexibility index (Phi) is 14.5.